The van der Waals surface area contributed by atoms with E-state index in [0.29, 0.717) is 0 Å². The molecule has 0 aliphatic carbocycles. The number of nitrogens with zero attached hydrogens (tertiary/aromatic N) is 1. The average Bonchev–Trinajstić information content (AvgIpc) is 2.05. The molecule has 0 aliphatic rings. The lowest BCUT2D eigenvalue weighted by Crippen LogP contribution is -2.21. The minimum atomic E-state index is -4.48. The molecule has 0 aromatic heterocycles. The van der Waals surface area contributed by atoms with E-state index in [0.717, 1.165) is 0 Å². The van der Waals surface area contributed by atoms with Crippen molar-refractivity contribution in [3.8, 4) is 0 Å². The van der Waals surface area contributed by atoms with Crippen LogP contribution in [0.25, 0.3) is 0 Å². The Morgan fingerprint density at radius 3 is 2.23 bits per heavy atom. The SMILES string of the molecule is O=[N+]([O-])S(=O)(=O)Nc1ccccc1. The predicted molar refractivity (Wildman–Crippen MR) is 46.0 cm³/mol. The number of hydrogen-bond acceptors (Lipinski definition) is 4. The highest BCUT2D eigenvalue weighted by atomic mass is 32.2. The van der Waals surface area contributed by atoms with Crippen LogP contribution in [0.4, 0.5) is 5.69 Å². The van der Waals surface area contributed by atoms with Gasteiger partial charge in [-0.3, -0.25) is 0 Å². The minimum Gasteiger partial charge on any atom is -0.245 e. The van der Waals surface area contributed by atoms with Gasteiger partial charge in [-0.1, -0.05) is 18.2 Å². The molecular weight excluding hydrogens is 196 g/mol. The number of anilines is 1. The Kier molecular flexibility index (Phi) is 2.47. The van der Waals surface area contributed by atoms with Crippen molar-refractivity contribution in [3.05, 3.63) is 40.4 Å². The van der Waals surface area contributed by atoms with E-state index in [4.69, 9.17) is 0 Å². The summed E-state index contributed by atoms with van der Waals surface area (Å²) in [6.45, 7) is 0. The number of benzene rings is 1. The van der Waals surface area contributed by atoms with Gasteiger partial charge < -0.3 is 0 Å². The van der Waals surface area contributed by atoms with Crippen molar-refractivity contribution in [3.63, 3.8) is 0 Å². The van der Waals surface area contributed by atoms with Crippen LogP contribution in [-0.4, -0.2) is 12.7 Å². The van der Waals surface area contributed by atoms with Crippen LogP contribution in [-0.2, 0) is 10.2 Å². The van der Waals surface area contributed by atoms with Crippen molar-refractivity contribution in [1.82, 2.24) is 0 Å². The molecule has 7 heteroatoms. The lowest BCUT2D eigenvalue weighted by Gasteiger charge is -1.98. The standard InChI is InChI=1S/C6H6N2O4S/c9-8(10)13(11,12)7-6-4-2-1-3-5-6/h1-5,7H. The molecule has 0 amide bonds. The summed E-state index contributed by atoms with van der Waals surface area (Å²) in [4.78, 5) is 9.98. The van der Waals surface area contributed by atoms with Crippen LogP contribution in [0, 0.1) is 10.1 Å². The van der Waals surface area contributed by atoms with E-state index >= 15 is 0 Å². The molecule has 70 valence electrons. The van der Waals surface area contributed by atoms with Gasteiger partial charge in [-0.05, 0) is 12.1 Å². The van der Waals surface area contributed by atoms with Crippen LogP contribution in [0.15, 0.2) is 30.3 Å². The van der Waals surface area contributed by atoms with Gasteiger partial charge in [0.05, 0.1) is 5.69 Å². The van der Waals surface area contributed by atoms with Gasteiger partial charge in [-0.15, -0.1) is 8.42 Å². The van der Waals surface area contributed by atoms with Crippen molar-refractivity contribution in [2.45, 2.75) is 0 Å². The fourth-order valence-corrected chi connectivity index (χ4v) is 1.20. The van der Waals surface area contributed by atoms with Crippen molar-refractivity contribution >= 4 is 15.9 Å². The first-order valence-corrected chi connectivity index (χ1v) is 4.69. The first kappa shape index (κ1) is 9.46. The minimum absolute atomic E-state index is 0.166. The molecule has 0 saturated heterocycles. The smallest absolute Gasteiger partial charge is 0.245 e. The van der Waals surface area contributed by atoms with Gasteiger partial charge in [0.15, 0.2) is 4.33 Å². The third-order valence-corrected chi connectivity index (χ3v) is 2.10. The second-order valence-corrected chi connectivity index (χ2v) is 3.62. The van der Waals surface area contributed by atoms with Crippen LogP contribution in [0.1, 0.15) is 0 Å². The normalized spacial score (nSPS) is 10.8. The van der Waals surface area contributed by atoms with E-state index in [1.165, 1.54) is 12.1 Å². The first-order valence-electron chi connectivity index (χ1n) is 3.25. The zero-order chi connectivity index (χ0) is 9.90. The van der Waals surface area contributed by atoms with Gasteiger partial charge in [-0.2, -0.15) is 0 Å². The van der Waals surface area contributed by atoms with Gasteiger partial charge in [0, 0.05) is 0 Å². The molecule has 1 N–H and O–H groups in total. The summed E-state index contributed by atoms with van der Waals surface area (Å²) >= 11 is 0. The monoisotopic (exact) mass is 202 g/mol. The van der Waals surface area contributed by atoms with Crippen LogP contribution >= 0.6 is 0 Å². The molecule has 0 radical (unpaired) electrons. The van der Waals surface area contributed by atoms with Crippen molar-refractivity contribution < 1.29 is 12.7 Å². The fraction of sp³-hybridized carbons (Fsp3) is 0. The lowest BCUT2D eigenvalue weighted by molar-refractivity contribution is -0.304. The van der Waals surface area contributed by atoms with E-state index in [2.05, 4.69) is 0 Å². The van der Waals surface area contributed by atoms with Gasteiger partial charge in [0.1, 0.15) is 0 Å². The highest BCUT2D eigenvalue weighted by Crippen LogP contribution is 2.07. The third-order valence-electron chi connectivity index (χ3n) is 1.22. The van der Waals surface area contributed by atoms with Gasteiger partial charge in [0.2, 0.25) is 0 Å². The molecule has 1 rings (SSSR count). The maximum absolute atomic E-state index is 10.7. The Morgan fingerprint density at radius 1 is 1.23 bits per heavy atom. The maximum atomic E-state index is 10.7. The van der Waals surface area contributed by atoms with Crippen LogP contribution < -0.4 is 4.72 Å². The Hall–Kier alpha value is -1.63. The Bertz CT molecular complexity index is 400. The summed E-state index contributed by atoms with van der Waals surface area (Å²) in [5.74, 6) is 0. The number of nitrogens with one attached hydrogen (secondary N) is 1. The molecule has 0 bridgehead atoms. The van der Waals surface area contributed by atoms with Crippen molar-refractivity contribution in [1.29, 1.82) is 0 Å². The maximum Gasteiger partial charge on any atom is 0.521 e. The molecule has 0 unspecified atom stereocenters. The Morgan fingerprint density at radius 2 is 1.77 bits per heavy atom. The highest BCUT2D eigenvalue weighted by Gasteiger charge is 2.22. The summed E-state index contributed by atoms with van der Waals surface area (Å²) in [6.07, 6.45) is 0. The molecule has 0 spiro atoms. The van der Waals surface area contributed by atoms with E-state index in [1.54, 1.807) is 22.9 Å². The molecule has 1 aromatic carbocycles. The zero-order valence-electron chi connectivity index (χ0n) is 6.38. The fourth-order valence-electron chi connectivity index (χ4n) is 0.692. The number of hydrogen-bond donors (Lipinski definition) is 1. The number of rotatable bonds is 3. The van der Waals surface area contributed by atoms with E-state index in [9.17, 15) is 18.5 Å². The van der Waals surface area contributed by atoms with Crippen molar-refractivity contribution in [2.75, 3.05) is 4.72 Å². The first-order chi connectivity index (χ1) is 6.02. The summed E-state index contributed by atoms with van der Waals surface area (Å²) < 4.78 is 21.8. The molecule has 13 heavy (non-hydrogen) atoms. The number of nitro groups is 1. The van der Waals surface area contributed by atoms with Gasteiger partial charge >= 0.3 is 10.2 Å². The Labute approximate surface area is 74.5 Å². The molecule has 0 atom stereocenters. The van der Waals surface area contributed by atoms with E-state index in [1.807, 2.05) is 0 Å². The molecule has 0 fully saturated rings. The molecule has 6 nitrogen and oxygen atoms in total. The zero-order valence-corrected chi connectivity index (χ0v) is 7.19. The summed E-state index contributed by atoms with van der Waals surface area (Å²) in [7, 11) is -4.48. The molecule has 1 aromatic rings. The third kappa shape index (κ3) is 2.41. The van der Waals surface area contributed by atoms with E-state index < -0.39 is 14.5 Å². The second kappa shape index (κ2) is 3.40. The van der Waals surface area contributed by atoms with E-state index in [-0.39, 0.29) is 5.69 Å². The van der Waals surface area contributed by atoms with Gasteiger partial charge in [0.25, 0.3) is 0 Å². The molecule has 0 heterocycles. The summed E-state index contributed by atoms with van der Waals surface area (Å²) in [5, 5.41) is 9.98. The van der Waals surface area contributed by atoms with Gasteiger partial charge in [-0.25, -0.2) is 14.8 Å². The second-order valence-electron chi connectivity index (χ2n) is 2.17. The highest BCUT2D eigenvalue weighted by molar-refractivity contribution is 7.86. The summed E-state index contributed by atoms with van der Waals surface area (Å²) in [6, 6.07) is 7.64. The van der Waals surface area contributed by atoms with Crippen LogP contribution in [0.3, 0.4) is 0 Å². The quantitative estimate of drug-likeness (QED) is 0.574. The lowest BCUT2D eigenvalue weighted by atomic mass is 10.3. The Balaban J connectivity index is 2.88. The van der Waals surface area contributed by atoms with Crippen molar-refractivity contribution in [2.24, 2.45) is 0 Å². The predicted octanol–water partition coefficient (Wildman–Crippen LogP) is 0.620. The molecule has 0 aliphatic heterocycles. The topological polar surface area (TPSA) is 89.3 Å². The van der Waals surface area contributed by atoms with Crippen LogP contribution in [0.5, 0.6) is 0 Å². The molecule has 0 saturated carbocycles. The number of para-hydroxylation sites is 1. The largest absolute Gasteiger partial charge is 0.521 e. The van der Waals surface area contributed by atoms with Crippen LogP contribution in [0.2, 0.25) is 0 Å². The summed E-state index contributed by atoms with van der Waals surface area (Å²) in [5.41, 5.74) is 0.166. The average molecular weight is 202 g/mol. The molecular formula is C6H6N2O4S.